The van der Waals surface area contributed by atoms with Crippen LogP contribution >= 0.6 is 24.0 Å². The highest BCUT2D eigenvalue weighted by Crippen LogP contribution is 2.16. The lowest BCUT2D eigenvalue weighted by atomic mass is 10.1. The standard InChI is InChI=1S/C21H33F3N4O.HI/c1-3-25-20(26-12-17(2)14-28-10-4-5-11-28)27-13-18-6-8-19(9-7-18)15-29-16-21(22,23)24;/h6-9,17H,3-5,10-16H2,1-2H3,(H2,25,26,27);1H. The SMILES string of the molecule is CCNC(=NCc1ccc(COCC(F)(F)F)cc1)NCC(C)CN1CCCC1.I. The van der Waals surface area contributed by atoms with Gasteiger partial charge in [-0.25, -0.2) is 4.99 Å². The van der Waals surface area contributed by atoms with Crippen LogP contribution in [0.25, 0.3) is 0 Å². The third-order valence-corrected chi connectivity index (χ3v) is 4.71. The van der Waals surface area contributed by atoms with E-state index in [1.165, 1.54) is 25.9 Å². The highest BCUT2D eigenvalue weighted by molar-refractivity contribution is 14.0. The number of hydrogen-bond acceptors (Lipinski definition) is 3. The number of nitrogens with one attached hydrogen (secondary N) is 2. The van der Waals surface area contributed by atoms with E-state index in [1.807, 2.05) is 19.1 Å². The average molecular weight is 542 g/mol. The quantitative estimate of drug-likeness (QED) is 0.265. The third-order valence-electron chi connectivity index (χ3n) is 4.71. The molecular weight excluding hydrogens is 508 g/mol. The molecule has 0 spiro atoms. The second-order valence-electron chi connectivity index (χ2n) is 7.61. The van der Waals surface area contributed by atoms with Crippen LogP contribution in [0.2, 0.25) is 0 Å². The van der Waals surface area contributed by atoms with Gasteiger partial charge in [0.25, 0.3) is 0 Å². The maximum absolute atomic E-state index is 12.1. The van der Waals surface area contributed by atoms with Crippen LogP contribution in [0.5, 0.6) is 0 Å². The topological polar surface area (TPSA) is 48.9 Å². The molecule has 0 radical (unpaired) electrons. The van der Waals surface area contributed by atoms with Crippen molar-refractivity contribution in [1.82, 2.24) is 15.5 Å². The zero-order valence-corrected chi connectivity index (χ0v) is 20.1. The first-order valence-electron chi connectivity index (χ1n) is 10.3. The van der Waals surface area contributed by atoms with Crippen LogP contribution in [-0.2, 0) is 17.9 Å². The van der Waals surface area contributed by atoms with Gasteiger partial charge >= 0.3 is 6.18 Å². The molecule has 1 aromatic carbocycles. The Balaban J connectivity index is 0.00000450. The van der Waals surface area contributed by atoms with E-state index in [0.717, 1.165) is 31.2 Å². The summed E-state index contributed by atoms with van der Waals surface area (Å²) < 4.78 is 41.0. The van der Waals surface area contributed by atoms with Crippen molar-refractivity contribution in [2.45, 2.75) is 46.0 Å². The molecule has 0 aromatic heterocycles. The fourth-order valence-corrected chi connectivity index (χ4v) is 3.28. The van der Waals surface area contributed by atoms with Gasteiger partial charge in [-0.2, -0.15) is 13.2 Å². The van der Waals surface area contributed by atoms with E-state index in [0.29, 0.717) is 18.0 Å². The van der Waals surface area contributed by atoms with Crippen LogP contribution in [-0.4, -0.2) is 56.4 Å². The van der Waals surface area contributed by atoms with E-state index in [-0.39, 0.29) is 30.6 Å². The summed E-state index contributed by atoms with van der Waals surface area (Å²) in [5.41, 5.74) is 1.70. The molecule has 0 aliphatic carbocycles. The zero-order valence-electron chi connectivity index (χ0n) is 17.8. The van der Waals surface area contributed by atoms with Crippen LogP contribution < -0.4 is 10.6 Å². The Labute approximate surface area is 194 Å². The molecule has 5 nitrogen and oxygen atoms in total. The van der Waals surface area contributed by atoms with Gasteiger partial charge < -0.3 is 20.3 Å². The number of alkyl halides is 3. The first-order valence-corrected chi connectivity index (χ1v) is 10.3. The monoisotopic (exact) mass is 542 g/mol. The maximum atomic E-state index is 12.1. The van der Waals surface area contributed by atoms with E-state index >= 15 is 0 Å². The Morgan fingerprint density at radius 2 is 1.77 bits per heavy atom. The van der Waals surface area contributed by atoms with Gasteiger partial charge in [-0.15, -0.1) is 24.0 Å². The molecule has 0 bridgehead atoms. The summed E-state index contributed by atoms with van der Waals surface area (Å²) >= 11 is 0. The van der Waals surface area contributed by atoms with Crippen molar-refractivity contribution in [2.75, 3.05) is 39.3 Å². The lowest BCUT2D eigenvalue weighted by Crippen LogP contribution is -2.41. The van der Waals surface area contributed by atoms with Gasteiger partial charge in [0, 0.05) is 19.6 Å². The molecule has 1 saturated heterocycles. The van der Waals surface area contributed by atoms with Crippen molar-refractivity contribution in [1.29, 1.82) is 0 Å². The normalized spacial score (nSPS) is 16.2. The number of ether oxygens (including phenoxy) is 1. The molecule has 0 amide bonds. The minimum absolute atomic E-state index is 0. The van der Waals surface area contributed by atoms with Gasteiger partial charge in [0.15, 0.2) is 5.96 Å². The summed E-state index contributed by atoms with van der Waals surface area (Å²) in [6.07, 6.45) is -1.69. The largest absolute Gasteiger partial charge is 0.411 e. The van der Waals surface area contributed by atoms with E-state index in [1.54, 1.807) is 12.1 Å². The number of halogens is 4. The van der Waals surface area contributed by atoms with Gasteiger partial charge in [0.1, 0.15) is 6.61 Å². The van der Waals surface area contributed by atoms with Crippen molar-refractivity contribution in [3.05, 3.63) is 35.4 Å². The molecule has 1 atom stereocenters. The lowest BCUT2D eigenvalue weighted by molar-refractivity contribution is -0.176. The number of likely N-dealkylation sites (tertiary alicyclic amines) is 1. The summed E-state index contributed by atoms with van der Waals surface area (Å²) in [7, 11) is 0. The second kappa shape index (κ2) is 14.1. The minimum atomic E-state index is -4.30. The highest BCUT2D eigenvalue weighted by Gasteiger charge is 2.27. The van der Waals surface area contributed by atoms with Gasteiger partial charge in [0.2, 0.25) is 0 Å². The van der Waals surface area contributed by atoms with Crippen molar-refractivity contribution in [3.63, 3.8) is 0 Å². The van der Waals surface area contributed by atoms with Gasteiger partial charge in [-0.1, -0.05) is 31.2 Å². The molecule has 172 valence electrons. The molecule has 0 saturated carbocycles. The fourth-order valence-electron chi connectivity index (χ4n) is 3.28. The summed E-state index contributed by atoms with van der Waals surface area (Å²) in [6.45, 7) is 8.64. The first-order chi connectivity index (χ1) is 13.9. The Morgan fingerprint density at radius 1 is 1.13 bits per heavy atom. The summed E-state index contributed by atoms with van der Waals surface area (Å²) in [5.74, 6) is 1.31. The maximum Gasteiger partial charge on any atom is 0.411 e. The fraction of sp³-hybridized carbons (Fsp3) is 0.667. The van der Waals surface area contributed by atoms with E-state index in [9.17, 15) is 13.2 Å². The Kier molecular flexibility index (Phi) is 12.7. The number of nitrogens with zero attached hydrogens (tertiary/aromatic N) is 2. The van der Waals surface area contributed by atoms with Crippen LogP contribution in [0.15, 0.2) is 29.3 Å². The van der Waals surface area contributed by atoms with E-state index in [4.69, 9.17) is 0 Å². The van der Waals surface area contributed by atoms with E-state index in [2.05, 4.69) is 32.2 Å². The molecule has 1 aliphatic heterocycles. The Morgan fingerprint density at radius 3 is 2.37 bits per heavy atom. The minimum Gasteiger partial charge on any atom is -0.367 e. The van der Waals surface area contributed by atoms with Crippen molar-refractivity contribution in [3.8, 4) is 0 Å². The van der Waals surface area contributed by atoms with Gasteiger partial charge in [-0.05, 0) is 49.9 Å². The van der Waals surface area contributed by atoms with Crippen LogP contribution in [0.1, 0.15) is 37.8 Å². The molecule has 2 N–H and O–H groups in total. The molecule has 1 aliphatic rings. The molecule has 1 aromatic rings. The molecule has 9 heteroatoms. The first kappa shape index (κ1) is 27.0. The van der Waals surface area contributed by atoms with Crippen LogP contribution in [0.3, 0.4) is 0 Å². The predicted molar refractivity (Wildman–Crippen MR) is 125 cm³/mol. The molecule has 2 rings (SSSR count). The molecule has 30 heavy (non-hydrogen) atoms. The van der Waals surface area contributed by atoms with Gasteiger partial charge in [-0.3, -0.25) is 0 Å². The Bertz CT molecular complexity index is 620. The third kappa shape index (κ3) is 11.4. The number of aliphatic imine (C=N–C) groups is 1. The van der Waals surface area contributed by atoms with Crippen molar-refractivity contribution in [2.24, 2.45) is 10.9 Å². The smallest absolute Gasteiger partial charge is 0.367 e. The number of guanidine groups is 1. The molecule has 1 fully saturated rings. The number of hydrogen-bond donors (Lipinski definition) is 2. The van der Waals surface area contributed by atoms with Crippen LogP contribution in [0.4, 0.5) is 13.2 Å². The van der Waals surface area contributed by atoms with Crippen LogP contribution in [0, 0.1) is 5.92 Å². The Hall–Kier alpha value is -1.07. The zero-order chi connectivity index (χ0) is 21.1. The van der Waals surface area contributed by atoms with Crippen molar-refractivity contribution >= 4 is 29.9 Å². The van der Waals surface area contributed by atoms with Gasteiger partial charge in [0.05, 0.1) is 13.2 Å². The average Bonchev–Trinajstić information content (AvgIpc) is 3.17. The summed E-state index contributed by atoms with van der Waals surface area (Å²) in [4.78, 5) is 7.12. The highest BCUT2D eigenvalue weighted by atomic mass is 127. The number of rotatable bonds is 10. The number of benzene rings is 1. The summed E-state index contributed by atoms with van der Waals surface area (Å²) in [5, 5.41) is 6.66. The lowest BCUT2D eigenvalue weighted by Gasteiger charge is -2.21. The second-order valence-corrected chi connectivity index (χ2v) is 7.61. The van der Waals surface area contributed by atoms with E-state index < -0.39 is 12.8 Å². The predicted octanol–water partition coefficient (Wildman–Crippen LogP) is 4.17. The molecular formula is C21H34F3IN4O. The molecule has 1 heterocycles. The molecule has 1 unspecified atom stereocenters. The van der Waals surface area contributed by atoms with Crippen molar-refractivity contribution < 1.29 is 17.9 Å². The summed E-state index contributed by atoms with van der Waals surface area (Å²) in [6, 6.07) is 7.30.